The van der Waals surface area contributed by atoms with Gasteiger partial charge in [0.1, 0.15) is 5.82 Å². The van der Waals surface area contributed by atoms with Gasteiger partial charge >= 0.3 is 0 Å². The molecule has 0 aliphatic rings. The molecule has 0 unspecified atom stereocenters. The Labute approximate surface area is 119 Å². The third-order valence-electron chi connectivity index (χ3n) is 2.62. The van der Waals surface area contributed by atoms with Crippen LogP contribution in [-0.2, 0) is 0 Å². The lowest BCUT2D eigenvalue weighted by molar-refractivity contribution is 0.102. The molecule has 0 radical (unpaired) electrons. The summed E-state index contributed by atoms with van der Waals surface area (Å²) in [6.07, 6.45) is 0. The fourth-order valence-electron chi connectivity index (χ4n) is 1.67. The predicted molar refractivity (Wildman–Crippen MR) is 78.0 cm³/mol. The van der Waals surface area contributed by atoms with Crippen LogP contribution in [0.25, 0.3) is 0 Å². The highest BCUT2D eigenvalue weighted by molar-refractivity contribution is 9.10. The number of para-hydroxylation sites is 1. The fraction of sp³-hybridized carbons (Fsp3) is 0.0714. The Hall–Kier alpha value is -1.88. The monoisotopic (exact) mass is 322 g/mol. The van der Waals surface area contributed by atoms with E-state index in [1.165, 1.54) is 6.07 Å². The summed E-state index contributed by atoms with van der Waals surface area (Å²) in [7, 11) is 1.74. The van der Waals surface area contributed by atoms with Gasteiger partial charge in [0.2, 0.25) is 0 Å². The largest absolute Gasteiger partial charge is 0.387 e. The van der Waals surface area contributed by atoms with Crippen LogP contribution in [-0.4, -0.2) is 13.0 Å². The summed E-state index contributed by atoms with van der Waals surface area (Å²) in [5.74, 6) is -0.702. The number of amides is 1. The van der Waals surface area contributed by atoms with Crippen molar-refractivity contribution in [3.63, 3.8) is 0 Å². The van der Waals surface area contributed by atoms with E-state index in [0.29, 0.717) is 15.7 Å². The molecule has 0 heterocycles. The van der Waals surface area contributed by atoms with Crippen molar-refractivity contribution in [2.75, 3.05) is 17.7 Å². The average molecular weight is 323 g/mol. The van der Waals surface area contributed by atoms with Crippen LogP contribution in [0.4, 0.5) is 15.8 Å². The first-order chi connectivity index (χ1) is 9.11. The number of hydrogen-bond acceptors (Lipinski definition) is 2. The summed E-state index contributed by atoms with van der Waals surface area (Å²) in [6.45, 7) is 0. The van der Waals surface area contributed by atoms with E-state index in [9.17, 15) is 9.18 Å². The van der Waals surface area contributed by atoms with Gasteiger partial charge in [-0.1, -0.05) is 12.1 Å². The highest BCUT2D eigenvalue weighted by Crippen LogP contribution is 2.21. The topological polar surface area (TPSA) is 41.1 Å². The van der Waals surface area contributed by atoms with E-state index < -0.39 is 5.82 Å². The second-order valence-electron chi connectivity index (χ2n) is 3.88. The average Bonchev–Trinajstić information content (AvgIpc) is 2.43. The SMILES string of the molecule is CNc1ccccc1C(=O)Nc1ccc(Br)c(F)c1. The first-order valence-corrected chi connectivity index (χ1v) is 6.44. The van der Waals surface area contributed by atoms with Gasteiger partial charge in [-0.05, 0) is 46.3 Å². The van der Waals surface area contributed by atoms with Gasteiger partial charge in [-0.15, -0.1) is 0 Å². The van der Waals surface area contributed by atoms with Crippen LogP contribution in [0, 0.1) is 5.82 Å². The molecule has 98 valence electrons. The molecular formula is C14H12BrFN2O. The molecule has 0 aliphatic carbocycles. The minimum atomic E-state index is -0.417. The van der Waals surface area contributed by atoms with Gasteiger partial charge in [0.15, 0.2) is 0 Å². The standard InChI is InChI=1S/C14H12BrFN2O/c1-17-13-5-3-2-4-10(13)14(19)18-9-6-7-11(15)12(16)8-9/h2-8,17H,1H3,(H,18,19). The molecule has 0 saturated carbocycles. The molecule has 0 aromatic heterocycles. The first-order valence-electron chi connectivity index (χ1n) is 5.65. The Morgan fingerprint density at radius 1 is 1.21 bits per heavy atom. The molecule has 19 heavy (non-hydrogen) atoms. The van der Waals surface area contributed by atoms with E-state index in [4.69, 9.17) is 0 Å². The molecule has 1 amide bonds. The van der Waals surface area contributed by atoms with Gasteiger partial charge in [-0.25, -0.2) is 4.39 Å². The number of benzene rings is 2. The van der Waals surface area contributed by atoms with Crippen LogP contribution in [0.2, 0.25) is 0 Å². The van der Waals surface area contributed by atoms with Gasteiger partial charge in [0.05, 0.1) is 10.0 Å². The van der Waals surface area contributed by atoms with Crippen molar-refractivity contribution in [2.24, 2.45) is 0 Å². The highest BCUT2D eigenvalue weighted by Gasteiger charge is 2.11. The van der Waals surface area contributed by atoms with Crippen molar-refractivity contribution in [2.45, 2.75) is 0 Å². The highest BCUT2D eigenvalue weighted by atomic mass is 79.9. The molecule has 0 bridgehead atoms. The molecule has 2 rings (SSSR count). The number of rotatable bonds is 3. The van der Waals surface area contributed by atoms with E-state index in [1.54, 1.807) is 37.4 Å². The molecule has 2 aromatic rings. The number of nitrogens with one attached hydrogen (secondary N) is 2. The number of carbonyl (C=O) groups is 1. The van der Waals surface area contributed by atoms with Gasteiger partial charge in [0.25, 0.3) is 5.91 Å². The molecular weight excluding hydrogens is 311 g/mol. The minimum Gasteiger partial charge on any atom is -0.387 e. The molecule has 0 atom stereocenters. The lowest BCUT2D eigenvalue weighted by Crippen LogP contribution is -2.14. The molecule has 5 heteroatoms. The molecule has 0 spiro atoms. The maximum absolute atomic E-state index is 13.4. The lowest BCUT2D eigenvalue weighted by Gasteiger charge is -2.10. The fourth-order valence-corrected chi connectivity index (χ4v) is 1.92. The van der Waals surface area contributed by atoms with Gasteiger partial charge < -0.3 is 10.6 Å². The van der Waals surface area contributed by atoms with Gasteiger partial charge in [0, 0.05) is 18.4 Å². The first kappa shape index (κ1) is 13.5. The van der Waals surface area contributed by atoms with Crippen molar-refractivity contribution >= 4 is 33.2 Å². The van der Waals surface area contributed by atoms with E-state index >= 15 is 0 Å². The van der Waals surface area contributed by atoms with Gasteiger partial charge in [-0.3, -0.25) is 4.79 Å². The maximum atomic E-state index is 13.4. The summed E-state index contributed by atoms with van der Waals surface area (Å²) >= 11 is 3.07. The second kappa shape index (κ2) is 5.84. The van der Waals surface area contributed by atoms with Gasteiger partial charge in [-0.2, -0.15) is 0 Å². The third-order valence-corrected chi connectivity index (χ3v) is 3.26. The van der Waals surface area contributed by atoms with E-state index in [2.05, 4.69) is 26.6 Å². The summed E-state index contributed by atoms with van der Waals surface area (Å²) in [4.78, 5) is 12.1. The normalized spacial score (nSPS) is 10.1. The maximum Gasteiger partial charge on any atom is 0.257 e. The molecule has 3 nitrogen and oxygen atoms in total. The Bertz CT molecular complexity index is 616. The second-order valence-corrected chi connectivity index (χ2v) is 4.73. The zero-order valence-electron chi connectivity index (χ0n) is 10.2. The van der Waals surface area contributed by atoms with Crippen LogP contribution in [0.15, 0.2) is 46.9 Å². The summed E-state index contributed by atoms with van der Waals surface area (Å²) in [6, 6.07) is 11.6. The number of hydrogen-bond donors (Lipinski definition) is 2. The summed E-state index contributed by atoms with van der Waals surface area (Å²) in [5, 5.41) is 5.60. The van der Waals surface area contributed by atoms with E-state index in [-0.39, 0.29) is 5.91 Å². The number of halogens is 2. The van der Waals surface area contributed by atoms with E-state index in [1.807, 2.05) is 6.07 Å². The minimum absolute atomic E-state index is 0.285. The smallest absolute Gasteiger partial charge is 0.257 e. The van der Waals surface area contributed by atoms with Crippen molar-refractivity contribution in [1.82, 2.24) is 0 Å². The zero-order valence-corrected chi connectivity index (χ0v) is 11.8. The third kappa shape index (κ3) is 3.12. The van der Waals surface area contributed by atoms with Crippen LogP contribution in [0.5, 0.6) is 0 Å². The number of carbonyl (C=O) groups excluding carboxylic acids is 1. The Kier molecular flexibility index (Phi) is 4.16. The van der Waals surface area contributed by atoms with Crippen LogP contribution >= 0.6 is 15.9 Å². The van der Waals surface area contributed by atoms with Crippen molar-refractivity contribution in [3.8, 4) is 0 Å². The summed E-state index contributed by atoms with van der Waals surface area (Å²) < 4.78 is 13.7. The summed E-state index contributed by atoms with van der Waals surface area (Å²) in [5.41, 5.74) is 1.64. The van der Waals surface area contributed by atoms with Crippen molar-refractivity contribution < 1.29 is 9.18 Å². The number of anilines is 2. The molecule has 2 N–H and O–H groups in total. The Morgan fingerprint density at radius 3 is 2.63 bits per heavy atom. The van der Waals surface area contributed by atoms with Crippen LogP contribution < -0.4 is 10.6 Å². The Morgan fingerprint density at radius 2 is 1.95 bits per heavy atom. The molecule has 0 aliphatic heterocycles. The molecule has 0 saturated heterocycles. The zero-order chi connectivity index (χ0) is 13.8. The van der Waals surface area contributed by atoms with Crippen molar-refractivity contribution in [3.05, 3.63) is 58.3 Å². The molecule has 2 aromatic carbocycles. The van der Waals surface area contributed by atoms with Crippen LogP contribution in [0.1, 0.15) is 10.4 Å². The van der Waals surface area contributed by atoms with E-state index in [0.717, 1.165) is 5.69 Å². The lowest BCUT2D eigenvalue weighted by atomic mass is 10.1. The quantitative estimate of drug-likeness (QED) is 0.900. The predicted octanol–water partition coefficient (Wildman–Crippen LogP) is 3.88. The molecule has 0 fully saturated rings. The van der Waals surface area contributed by atoms with Crippen LogP contribution in [0.3, 0.4) is 0 Å². The van der Waals surface area contributed by atoms with Crippen molar-refractivity contribution in [1.29, 1.82) is 0 Å². The Balaban J connectivity index is 2.23.